The van der Waals surface area contributed by atoms with E-state index in [2.05, 4.69) is 15.5 Å². The van der Waals surface area contributed by atoms with E-state index in [-0.39, 0.29) is 5.91 Å². The SMILES string of the molecule is CCc1noc(CN(CC)C(=O)[C@@H]2CNCCO2)n1. The molecule has 1 atom stereocenters. The van der Waals surface area contributed by atoms with Gasteiger partial charge < -0.3 is 19.5 Å². The third-order valence-corrected chi connectivity index (χ3v) is 3.05. The topological polar surface area (TPSA) is 80.5 Å². The highest BCUT2D eigenvalue weighted by Gasteiger charge is 2.27. The second kappa shape index (κ2) is 6.63. The molecule has 1 saturated heterocycles. The monoisotopic (exact) mass is 268 g/mol. The Labute approximate surface area is 112 Å². The summed E-state index contributed by atoms with van der Waals surface area (Å²) in [5, 5.41) is 6.97. The summed E-state index contributed by atoms with van der Waals surface area (Å²) in [6.45, 7) is 6.71. The molecule has 1 fully saturated rings. The van der Waals surface area contributed by atoms with Crippen molar-refractivity contribution in [2.24, 2.45) is 0 Å². The number of hydrogen-bond donors (Lipinski definition) is 1. The quantitative estimate of drug-likeness (QED) is 0.807. The van der Waals surface area contributed by atoms with Gasteiger partial charge in [-0.25, -0.2) is 0 Å². The van der Waals surface area contributed by atoms with Gasteiger partial charge in [-0.3, -0.25) is 4.79 Å². The van der Waals surface area contributed by atoms with Crippen molar-refractivity contribution in [2.45, 2.75) is 32.9 Å². The third-order valence-electron chi connectivity index (χ3n) is 3.05. The van der Waals surface area contributed by atoms with E-state index in [9.17, 15) is 4.79 Å². The first-order chi connectivity index (χ1) is 9.24. The molecule has 1 aliphatic rings. The molecule has 19 heavy (non-hydrogen) atoms. The lowest BCUT2D eigenvalue weighted by Crippen LogP contribution is -2.49. The Hall–Kier alpha value is -1.47. The molecule has 2 heterocycles. The van der Waals surface area contributed by atoms with Crippen LogP contribution in [0.1, 0.15) is 25.6 Å². The minimum absolute atomic E-state index is 0.0362. The second-order valence-corrected chi connectivity index (χ2v) is 4.37. The largest absolute Gasteiger partial charge is 0.366 e. The van der Waals surface area contributed by atoms with E-state index < -0.39 is 6.10 Å². The molecule has 0 unspecified atom stereocenters. The van der Waals surface area contributed by atoms with Crippen LogP contribution in [-0.4, -0.2) is 53.3 Å². The molecule has 2 rings (SSSR count). The van der Waals surface area contributed by atoms with E-state index in [1.54, 1.807) is 4.90 Å². The Balaban J connectivity index is 1.96. The van der Waals surface area contributed by atoms with Crippen molar-refractivity contribution in [2.75, 3.05) is 26.2 Å². The number of amides is 1. The Morgan fingerprint density at radius 1 is 1.53 bits per heavy atom. The van der Waals surface area contributed by atoms with Crippen molar-refractivity contribution in [3.8, 4) is 0 Å². The van der Waals surface area contributed by atoms with Gasteiger partial charge in [0, 0.05) is 26.1 Å². The molecule has 0 spiro atoms. The molecule has 1 aromatic rings. The van der Waals surface area contributed by atoms with Crippen LogP contribution in [0.3, 0.4) is 0 Å². The second-order valence-electron chi connectivity index (χ2n) is 4.37. The summed E-state index contributed by atoms with van der Waals surface area (Å²) in [4.78, 5) is 18.2. The molecule has 0 saturated carbocycles. The highest BCUT2D eigenvalue weighted by molar-refractivity contribution is 5.81. The molecule has 1 aromatic heterocycles. The maximum Gasteiger partial charge on any atom is 0.253 e. The van der Waals surface area contributed by atoms with Crippen molar-refractivity contribution in [3.63, 3.8) is 0 Å². The van der Waals surface area contributed by atoms with Crippen molar-refractivity contribution in [3.05, 3.63) is 11.7 Å². The van der Waals surface area contributed by atoms with Crippen molar-refractivity contribution in [1.82, 2.24) is 20.4 Å². The normalized spacial score (nSPS) is 19.4. The van der Waals surface area contributed by atoms with Gasteiger partial charge >= 0.3 is 0 Å². The van der Waals surface area contributed by atoms with Gasteiger partial charge in [0.2, 0.25) is 5.89 Å². The number of ether oxygens (including phenoxy) is 1. The Kier molecular flexibility index (Phi) is 4.86. The van der Waals surface area contributed by atoms with Gasteiger partial charge in [-0.1, -0.05) is 12.1 Å². The van der Waals surface area contributed by atoms with Crippen LogP contribution in [0.25, 0.3) is 0 Å². The van der Waals surface area contributed by atoms with Crippen molar-refractivity contribution in [1.29, 1.82) is 0 Å². The summed E-state index contributed by atoms with van der Waals surface area (Å²) < 4.78 is 10.6. The fraction of sp³-hybridized carbons (Fsp3) is 0.750. The van der Waals surface area contributed by atoms with E-state index in [0.717, 1.165) is 13.0 Å². The molecule has 7 heteroatoms. The van der Waals surface area contributed by atoms with Crippen LogP contribution in [0.5, 0.6) is 0 Å². The molecule has 7 nitrogen and oxygen atoms in total. The van der Waals surface area contributed by atoms with E-state index >= 15 is 0 Å². The standard InChI is InChI=1S/C12H20N4O3/c1-3-10-14-11(19-15-10)8-16(4-2)12(17)9-7-13-5-6-18-9/h9,13H,3-8H2,1-2H3/t9-/m0/s1. The zero-order chi connectivity index (χ0) is 13.7. The van der Waals surface area contributed by atoms with Crippen LogP contribution in [0, 0.1) is 0 Å². The van der Waals surface area contributed by atoms with Crippen LogP contribution >= 0.6 is 0 Å². The van der Waals surface area contributed by atoms with Gasteiger partial charge in [0.1, 0.15) is 12.6 Å². The van der Waals surface area contributed by atoms with Crippen LogP contribution in [0.15, 0.2) is 4.52 Å². The Bertz CT molecular complexity index is 415. The van der Waals surface area contributed by atoms with Gasteiger partial charge in [-0.15, -0.1) is 0 Å². The Morgan fingerprint density at radius 3 is 2.95 bits per heavy atom. The minimum atomic E-state index is -0.415. The molecule has 0 radical (unpaired) electrons. The number of nitrogens with one attached hydrogen (secondary N) is 1. The van der Waals surface area contributed by atoms with Crippen LogP contribution in [-0.2, 0) is 22.5 Å². The lowest BCUT2D eigenvalue weighted by Gasteiger charge is -2.28. The number of hydrogen-bond acceptors (Lipinski definition) is 6. The summed E-state index contributed by atoms with van der Waals surface area (Å²) in [7, 11) is 0. The number of aromatic nitrogens is 2. The fourth-order valence-electron chi connectivity index (χ4n) is 1.93. The number of morpholine rings is 1. The molecule has 0 aliphatic carbocycles. The lowest BCUT2D eigenvalue weighted by molar-refractivity contribution is -0.146. The molecule has 1 N–H and O–H groups in total. The lowest BCUT2D eigenvalue weighted by atomic mass is 10.2. The fourth-order valence-corrected chi connectivity index (χ4v) is 1.93. The Morgan fingerprint density at radius 2 is 2.37 bits per heavy atom. The number of carbonyl (C=O) groups is 1. The van der Waals surface area contributed by atoms with E-state index in [1.165, 1.54) is 0 Å². The van der Waals surface area contributed by atoms with E-state index in [0.29, 0.717) is 38.0 Å². The predicted molar refractivity (Wildman–Crippen MR) is 67.4 cm³/mol. The van der Waals surface area contributed by atoms with Gasteiger partial charge in [0.15, 0.2) is 5.82 Å². The molecule has 1 aliphatic heterocycles. The number of aryl methyl sites for hydroxylation is 1. The van der Waals surface area contributed by atoms with Crippen molar-refractivity contribution >= 4 is 5.91 Å². The highest BCUT2D eigenvalue weighted by atomic mass is 16.5. The summed E-state index contributed by atoms with van der Waals surface area (Å²) in [5.41, 5.74) is 0. The van der Waals surface area contributed by atoms with E-state index in [4.69, 9.17) is 9.26 Å². The molecular weight excluding hydrogens is 248 g/mol. The average molecular weight is 268 g/mol. The van der Waals surface area contributed by atoms with Crippen LogP contribution in [0.2, 0.25) is 0 Å². The zero-order valence-electron chi connectivity index (χ0n) is 11.4. The number of rotatable bonds is 5. The number of carbonyl (C=O) groups excluding carboxylic acids is 1. The van der Waals surface area contributed by atoms with Crippen LogP contribution in [0.4, 0.5) is 0 Å². The van der Waals surface area contributed by atoms with Gasteiger partial charge in [0.25, 0.3) is 5.91 Å². The van der Waals surface area contributed by atoms with Gasteiger partial charge in [-0.2, -0.15) is 4.98 Å². The first-order valence-electron chi connectivity index (χ1n) is 6.67. The number of likely N-dealkylation sites (N-methyl/N-ethyl adjacent to an activating group) is 1. The van der Waals surface area contributed by atoms with E-state index in [1.807, 2.05) is 13.8 Å². The molecule has 0 aromatic carbocycles. The zero-order valence-corrected chi connectivity index (χ0v) is 11.4. The van der Waals surface area contributed by atoms with Gasteiger partial charge in [-0.05, 0) is 6.92 Å². The first-order valence-corrected chi connectivity index (χ1v) is 6.67. The average Bonchev–Trinajstić information content (AvgIpc) is 2.92. The minimum Gasteiger partial charge on any atom is -0.366 e. The maximum absolute atomic E-state index is 12.3. The molecule has 1 amide bonds. The summed E-state index contributed by atoms with van der Waals surface area (Å²) in [6.07, 6.45) is 0.307. The van der Waals surface area contributed by atoms with Crippen LogP contribution < -0.4 is 5.32 Å². The first kappa shape index (κ1) is 14.0. The number of nitrogens with zero attached hydrogens (tertiary/aromatic N) is 3. The van der Waals surface area contributed by atoms with Gasteiger partial charge in [0.05, 0.1) is 6.61 Å². The predicted octanol–water partition coefficient (Wildman–Crippen LogP) is -0.0311. The maximum atomic E-state index is 12.3. The van der Waals surface area contributed by atoms with Crippen molar-refractivity contribution < 1.29 is 14.1 Å². The molecule has 0 bridgehead atoms. The molecular formula is C12H20N4O3. The summed E-state index contributed by atoms with van der Waals surface area (Å²) in [6, 6.07) is 0. The molecule has 106 valence electrons. The summed E-state index contributed by atoms with van der Waals surface area (Å²) in [5.74, 6) is 1.09. The third kappa shape index (κ3) is 3.51. The summed E-state index contributed by atoms with van der Waals surface area (Å²) >= 11 is 0. The smallest absolute Gasteiger partial charge is 0.253 e. The highest BCUT2D eigenvalue weighted by Crippen LogP contribution is 2.08.